The van der Waals surface area contributed by atoms with Crippen LogP contribution in [0.5, 0.6) is 5.75 Å². The summed E-state index contributed by atoms with van der Waals surface area (Å²) in [4.78, 5) is 0. The van der Waals surface area contributed by atoms with Crippen LogP contribution < -0.4 is 10.1 Å². The molecule has 0 bridgehead atoms. The van der Waals surface area contributed by atoms with Crippen LogP contribution in [0.1, 0.15) is 26.3 Å². The lowest BCUT2D eigenvalue weighted by atomic mass is 9.99. The van der Waals surface area contributed by atoms with E-state index in [2.05, 4.69) is 5.32 Å². The van der Waals surface area contributed by atoms with Crippen LogP contribution in [0, 0.1) is 6.92 Å². The maximum Gasteiger partial charge on any atom is 0.119 e. The van der Waals surface area contributed by atoms with Crippen LogP contribution in [0.4, 0.5) is 0 Å². The molecule has 0 radical (unpaired) electrons. The third kappa shape index (κ3) is 5.59. The number of aliphatic hydroxyl groups excluding tert-OH is 2. The van der Waals surface area contributed by atoms with Gasteiger partial charge in [0, 0.05) is 12.1 Å². The molecule has 4 nitrogen and oxygen atoms in total. The molecule has 2 atom stereocenters. The molecule has 0 saturated heterocycles. The second kappa shape index (κ2) is 6.89. The van der Waals surface area contributed by atoms with E-state index in [1.165, 1.54) is 0 Å². The smallest absolute Gasteiger partial charge is 0.119 e. The highest BCUT2D eigenvalue weighted by atomic mass is 16.5. The molecule has 0 amide bonds. The Bertz CT molecular complexity index is 391. The fraction of sp³-hybridized carbons (Fsp3) is 0.600. The largest absolute Gasteiger partial charge is 0.491 e. The summed E-state index contributed by atoms with van der Waals surface area (Å²) in [6.07, 6.45) is -1.10. The highest BCUT2D eigenvalue weighted by Gasteiger charge is 2.24. The van der Waals surface area contributed by atoms with Crippen molar-refractivity contribution in [2.24, 2.45) is 0 Å². The van der Waals surface area contributed by atoms with E-state index in [4.69, 9.17) is 4.74 Å². The monoisotopic (exact) mass is 267 g/mol. The summed E-state index contributed by atoms with van der Waals surface area (Å²) in [5.41, 5.74) is 0.699. The number of ether oxygens (including phenoxy) is 1. The number of benzene rings is 1. The van der Waals surface area contributed by atoms with Crippen molar-refractivity contribution in [1.29, 1.82) is 0 Å². The Balaban J connectivity index is 2.34. The van der Waals surface area contributed by atoms with Crippen molar-refractivity contribution in [2.45, 2.75) is 45.4 Å². The van der Waals surface area contributed by atoms with E-state index < -0.39 is 17.7 Å². The van der Waals surface area contributed by atoms with Gasteiger partial charge in [0.05, 0.1) is 6.10 Å². The normalized spacial score (nSPS) is 15.1. The van der Waals surface area contributed by atoms with Crippen molar-refractivity contribution < 1.29 is 14.9 Å². The molecular formula is C15H25NO3. The Hall–Kier alpha value is -1.10. The molecule has 1 rings (SSSR count). The van der Waals surface area contributed by atoms with Gasteiger partial charge in [-0.2, -0.15) is 0 Å². The highest BCUT2D eigenvalue weighted by Crippen LogP contribution is 2.13. The van der Waals surface area contributed by atoms with E-state index in [9.17, 15) is 10.2 Å². The minimum atomic E-state index is -0.612. The van der Waals surface area contributed by atoms with Crippen LogP contribution in [-0.2, 0) is 0 Å². The summed E-state index contributed by atoms with van der Waals surface area (Å²) in [7, 11) is 0. The number of hydrogen-bond acceptors (Lipinski definition) is 4. The first-order chi connectivity index (χ1) is 8.81. The lowest BCUT2D eigenvalue weighted by Gasteiger charge is -2.30. The number of nitrogens with one attached hydrogen (secondary N) is 1. The standard InChI is InChI=1S/C15H25NO3/c1-11-6-5-7-14(8-11)19-10-13(18)9-16-15(3,4)12(2)17/h5-8,12-13,16-18H,9-10H2,1-4H3. The molecule has 1 aromatic rings. The minimum absolute atomic E-state index is 0.229. The Morgan fingerprint density at radius 2 is 2.00 bits per heavy atom. The van der Waals surface area contributed by atoms with Crippen LogP contribution in [0.3, 0.4) is 0 Å². The first-order valence-electron chi connectivity index (χ1n) is 6.62. The highest BCUT2D eigenvalue weighted by molar-refractivity contribution is 5.27. The van der Waals surface area contributed by atoms with E-state index >= 15 is 0 Å². The molecule has 108 valence electrons. The maximum atomic E-state index is 9.86. The second-order valence-corrected chi connectivity index (χ2v) is 5.56. The third-order valence-electron chi connectivity index (χ3n) is 3.27. The first kappa shape index (κ1) is 16.0. The van der Waals surface area contributed by atoms with E-state index in [0.717, 1.165) is 11.3 Å². The molecule has 3 N–H and O–H groups in total. The van der Waals surface area contributed by atoms with Gasteiger partial charge in [0.1, 0.15) is 18.5 Å². The first-order valence-corrected chi connectivity index (χ1v) is 6.62. The third-order valence-corrected chi connectivity index (χ3v) is 3.27. The molecule has 4 heteroatoms. The van der Waals surface area contributed by atoms with Crippen molar-refractivity contribution in [3.8, 4) is 5.75 Å². The summed E-state index contributed by atoms with van der Waals surface area (Å²) in [6.45, 7) is 8.12. The van der Waals surface area contributed by atoms with Gasteiger partial charge in [-0.25, -0.2) is 0 Å². The molecule has 0 heterocycles. The van der Waals surface area contributed by atoms with E-state index in [0.29, 0.717) is 6.54 Å². The number of β-amino-alcohol motifs (C(OH)–C–C–N with tert-alkyl or cyclic N) is 1. The fourth-order valence-corrected chi connectivity index (χ4v) is 1.49. The summed E-state index contributed by atoms with van der Waals surface area (Å²) in [6, 6.07) is 7.72. The van der Waals surface area contributed by atoms with Gasteiger partial charge in [0.25, 0.3) is 0 Å². The van der Waals surface area contributed by atoms with Gasteiger partial charge < -0.3 is 20.3 Å². The van der Waals surface area contributed by atoms with E-state index in [1.54, 1.807) is 6.92 Å². The molecule has 0 aliphatic carbocycles. The fourth-order valence-electron chi connectivity index (χ4n) is 1.49. The van der Waals surface area contributed by atoms with Gasteiger partial charge >= 0.3 is 0 Å². The van der Waals surface area contributed by atoms with Gasteiger partial charge in [-0.05, 0) is 45.4 Å². The number of rotatable bonds is 7. The Morgan fingerprint density at radius 3 is 2.58 bits per heavy atom. The van der Waals surface area contributed by atoms with Gasteiger partial charge in [-0.1, -0.05) is 12.1 Å². The minimum Gasteiger partial charge on any atom is -0.491 e. The molecule has 0 aromatic heterocycles. The van der Waals surface area contributed by atoms with Crippen LogP contribution in [0.15, 0.2) is 24.3 Å². The Labute approximate surface area is 115 Å². The van der Waals surface area contributed by atoms with Crippen molar-refractivity contribution in [3.05, 3.63) is 29.8 Å². The molecule has 19 heavy (non-hydrogen) atoms. The molecule has 0 saturated carbocycles. The predicted molar refractivity (Wildman–Crippen MR) is 76.4 cm³/mol. The Morgan fingerprint density at radius 1 is 1.32 bits per heavy atom. The van der Waals surface area contributed by atoms with Crippen molar-refractivity contribution >= 4 is 0 Å². The average molecular weight is 267 g/mol. The van der Waals surface area contributed by atoms with Gasteiger partial charge in [-0.3, -0.25) is 0 Å². The van der Waals surface area contributed by atoms with Crippen molar-refractivity contribution in [1.82, 2.24) is 5.32 Å². The number of hydrogen-bond donors (Lipinski definition) is 3. The van der Waals surface area contributed by atoms with Crippen molar-refractivity contribution in [2.75, 3.05) is 13.2 Å². The predicted octanol–water partition coefficient (Wildman–Crippen LogP) is 1.48. The average Bonchev–Trinajstić information content (AvgIpc) is 2.34. The van der Waals surface area contributed by atoms with Crippen LogP contribution in [0.2, 0.25) is 0 Å². The zero-order valence-corrected chi connectivity index (χ0v) is 12.2. The SMILES string of the molecule is Cc1cccc(OCC(O)CNC(C)(C)C(C)O)c1. The molecule has 0 aliphatic rings. The topological polar surface area (TPSA) is 61.7 Å². The van der Waals surface area contributed by atoms with Crippen LogP contribution in [0.25, 0.3) is 0 Å². The summed E-state index contributed by atoms with van der Waals surface area (Å²) >= 11 is 0. The lowest BCUT2D eigenvalue weighted by molar-refractivity contribution is 0.0648. The summed E-state index contributed by atoms with van der Waals surface area (Å²) in [5, 5.41) is 22.5. The zero-order valence-electron chi connectivity index (χ0n) is 12.2. The van der Waals surface area contributed by atoms with Gasteiger partial charge in [0.15, 0.2) is 0 Å². The molecule has 0 spiro atoms. The molecule has 0 fully saturated rings. The lowest BCUT2D eigenvalue weighted by Crippen LogP contribution is -2.51. The zero-order chi connectivity index (χ0) is 14.5. The van der Waals surface area contributed by atoms with Crippen LogP contribution in [-0.4, -0.2) is 41.1 Å². The number of aryl methyl sites for hydroxylation is 1. The van der Waals surface area contributed by atoms with Gasteiger partial charge in [-0.15, -0.1) is 0 Å². The second-order valence-electron chi connectivity index (χ2n) is 5.56. The molecular weight excluding hydrogens is 242 g/mol. The quantitative estimate of drug-likeness (QED) is 0.700. The Kier molecular flexibility index (Phi) is 5.79. The van der Waals surface area contributed by atoms with Crippen LogP contribution >= 0.6 is 0 Å². The van der Waals surface area contributed by atoms with E-state index in [1.807, 2.05) is 45.0 Å². The molecule has 0 aliphatic heterocycles. The number of aliphatic hydroxyl groups is 2. The van der Waals surface area contributed by atoms with E-state index in [-0.39, 0.29) is 6.61 Å². The summed E-state index contributed by atoms with van der Waals surface area (Å²) < 4.78 is 5.52. The molecule has 2 unspecified atom stereocenters. The summed E-state index contributed by atoms with van der Waals surface area (Å²) in [5.74, 6) is 0.758. The van der Waals surface area contributed by atoms with Crippen molar-refractivity contribution in [3.63, 3.8) is 0 Å². The van der Waals surface area contributed by atoms with Gasteiger partial charge in [0.2, 0.25) is 0 Å². The molecule has 1 aromatic carbocycles. The maximum absolute atomic E-state index is 9.86.